The maximum absolute atomic E-state index is 12.6. The maximum Gasteiger partial charge on any atom is 0.416 e. The monoisotopic (exact) mass is 272 g/mol. The zero-order chi connectivity index (χ0) is 14.0. The van der Waals surface area contributed by atoms with Crippen LogP contribution in [0.4, 0.5) is 13.2 Å². The van der Waals surface area contributed by atoms with E-state index < -0.39 is 11.7 Å². The number of likely N-dealkylation sites (tertiary alicyclic amines) is 1. The molecular weight excluding hydrogens is 257 g/mol. The van der Waals surface area contributed by atoms with Crippen molar-refractivity contribution in [2.24, 2.45) is 5.73 Å². The van der Waals surface area contributed by atoms with Crippen LogP contribution in [0.1, 0.15) is 28.8 Å². The van der Waals surface area contributed by atoms with Crippen LogP contribution in [0.2, 0.25) is 0 Å². The van der Waals surface area contributed by atoms with Gasteiger partial charge < -0.3 is 10.6 Å². The summed E-state index contributed by atoms with van der Waals surface area (Å²) in [6.45, 7) is 0.891. The van der Waals surface area contributed by atoms with Crippen molar-refractivity contribution < 1.29 is 18.0 Å². The average molecular weight is 272 g/mol. The van der Waals surface area contributed by atoms with Gasteiger partial charge in [-0.2, -0.15) is 13.2 Å². The summed E-state index contributed by atoms with van der Waals surface area (Å²) >= 11 is 0. The highest BCUT2D eigenvalue weighted by molar-refractivity contribution is 5.94. The van der Waals surface area contributed by atoms with Crippen LogP contribution in [0.25, 0.3) is 0 Å². The van der Waals surface area contributed by atoms with Crippen molar-refractivity contribution in [3.8, 4) is 0 Å². The van der Waals surface area contributed by atoms with E-state index in [0.717, 1.165) is 25.0 Å². The lowest BCUT2D eigenvalue weighted by molar-refractivity contribution is -0.137. The van der Waals surface area contributed by atoms with Crippen molar-refractivity contribution in [3.63, 3.8) is 0 Å². The molecule has 1 aliphatic heterocycles. The van der Waals surface area contributed by atoms with Crippen LogP contribution in [0, 0.1) is 0 Å². The molecule has 2 N–H and O–H groups in total. The molecule has 1 heterocycles. The second kappa shape index (κ2) is 5.21. The van der Waals surface area contributed by atoms with E-state index in [2.05, 4.69) is 0 Å². The Hall–Kier alpha value is -1.56. The van der Waals surface area contributed by atoms with E-state index >= 15 is 0 Å². The van der Waals surface area contributed by atoms with Crippen molar-refractivity contribution in [1.82, 2.24) is 4.90 Å². The van der Waals surface area contributed by atoms with Crippen LogP contribution in [-0.4, -0.2) is 29.9 Å². The van der Waals surface area contributed by atoms with Crippen molar-refractivity contribution in [3.05, 3.63) is 35.4 Å². The van der Waals surface area contributed by atoms with E-state index in [4.69, 9.17) is 5.73 Å². The van der Waals surface area contributed by atoms with E-state index in [1.807, 2.05) is 0 Å². The summed E-state index contributed by atoms with van der Waals surface area (Å²) in [5.41, 5.74) is 4.83. The van der Waals surface area contributed by atoms with Crippen LogP contribution in [0.15, 0.2) is 24.3 Å². The van der Waals surface area contributed by atoms with Gasteiger partial charge in [-0.3, -0.25) is 4.79 Å². The molecule has 2 rings (SSSR count). The van der Waals surface area contributed by atoms with Gasteiger partial charge in [0.2, 0.25) is 0 Å². The lowest BCUT2D eigenvalue weighted by atomic mass is 10.1. The minimum absolute atomic E-state index is 0.0650. The van der Waals surface area contributed by atoms with E-state index in [9.17, 15) is 18.0 Å². The predicted molar refractivity (Wildman–Crippen MR) is 64.6 cm³/mol. The second-order valence-electron chi connectivity index (χ2n) is 4.61. The Balaban J connectivity index is 2.24. The van der Waals surface area contributed by atoms with E-state index in [-0.39, 0.29) is 17.5 Å². The molecule has 0 saturated carbocycles. The fourth-order valence-electron chi connectivity index (χ4n) is 2.34. The Kier molecular flexibility index (Phi) is 3.80. The third-order valence-electron chi connectivity index (χ3n) is 3.35. The number of carbonyl (C=O) groups excluding carboxylic acids is 1. The van der Waals surface area contributed by atoms with Gasteiger partial charge in [-0.25, -0.2) is 0 Å². The highest BCUT2D eigenvalue weighted by Gasteiger charge is 2.33. The van der Waals surface area contributed by atoms with Crippen molar-refractivity contribution in [1.29, 1.82) is 0 Å². The van der Waals surface area contributed by atoms with Crippen molar-refractivity contribution in [2.45, 2.75) is 25.1 Å². The first-order chi connectivity index (χ1) is 8.93. The summed E-state index contributed by atoms with van der Waals surface area (Å²) in [4.78, 5) is 13.8. The standard InChI is InChI=1S/C13H15F3N2O/c14-13(15,16)10-4-1-3-9(7-10)12(19)18-6-2-5-11(18)8-17/h1,3-4,7,11H,2,5-6,8,17H2. The molecule has 1 aromatic carbocycles. The van der Waals surface area contributed by atoms with Gasteiger partial charge in [-0.05, 0) is 31.0 Å². The van der Waals surface area contributed by atoms with Crippen LogP contribution in [0.3, 0.4) is 0 Å². The summed E-state index contributed by atoms with van der Waals surface area (Å²) in [5.74, 6) is -0.376. The number of amides is 1. The van der Waals surface area contributed by atoms with Gasteiger partial charge in [0.25, 0.3) is 5.91 Å². The predicted octanol–water partition coefficient (Wildman–Crippen LogP) is 2.27. The molecule has 0 bridgehead atoms. The van der Waals surface area contributed by atoms with Gasteiger partial charge >= 0.3 is 6.18 Å². The minimum atomic E-state index is -4.44. The molecule has 0 spiro atoms. The topological polar surface area (TPSA) is 46.3 Å². The fourth-order valence-corrected chi connectivity index (χ4v) is 2.34. The highest BCUT2D eigenvalue weighted by Crippen LogP contribution is 2.30. The number of nitrogens with two attached hydrogens (primary N) is 1. The van der Waals surface area contributed by atoms with Crippen LogP contribution < -0.4 is 5.73 Å². The molecular formula is C13H15F3N2O. The Labute approximate surface area is 109 Å². The molecule has 1 aromatic rings. The van der Waals surface area contributed by atoms with Crippen LogP contribution in [0.5, 0.6) is 0 Å². The molecule has 1 atom stereocenters. The highest BCUT2D eigenvalue weighted by atomic mass is 19.4. The fraction of sp³-hybridized carbons (Fsp3) is 0.462. The van der Waals surface area contributed by atoms with Crippen LogP contribution in [-0.2, 0) is 6.18 Å². The second-order valence-corrected chi connectivity index (χ2v) is 4.61. The Morgan fingerprint density at radius 3 is 2.79 bits per heavy atom. The first-order valence-corrected chi connectivity index (χ1v) is 6.12. The number of rotatable bonds is 2. The van der Waals surface area contributed by atoms with Gasteiger partial charge in [0.1, 0.15) is 0 Å². The Bertz CT molecular complexity index is 473. The number of alkyl halides is 3. The molecule has 1 aliphatic rings. The molecule has 6 heteroatoms. The molecule has 19 heavy (non-hydrogen) atoms. The molecule has 1 unspecified atom stereocenters. The number of benzene rings is 1. The van der Waals surface area contributed by atoms with Crippen molar-refractivity contribution in [2.75, 3.05) is 13.1 Å². The van der Waals surface area contributed by atoms with E-state index in [0.29, 0.717) is 13.1 Å². The molecule has 1 fully saturated rings. The molecule has 0 aliphatic carbocycles. The molecule has 1 amide bonds. The third-order valence-corrected chi connectivity index (χ3v) is 3.35. The number of hydrogen-bond acceptors (Lipinski definition) is 2. The summed E-state index contributed by atoms with van der Waals surface area (Å²) in [5, 5.41) is 0. The molecule has 1 saturated heterocycles. The van der Waals surface area contributed by atoms with Gasteiger partial charge in [0.15, 0.2) is 0 Å². The summed E-state index contributed by atoms with van der Waals surface area (Å²) in [7, 11) is 0. The number of hydrogen-bond donors (Lipinski definition) is 1. The van der Waals surface area contributed by atoms with Gasteiger partial charge in [0, 0.05) is 24.7 Å². The Morgan fingerprint density at radius 2 is 2.16 bits per heavy atom. The Morgan fingerprint density at radius 1 is 1.42 bits per heavy atom. The largest absolute Gasteiger partial charge is 0.416 e. The summed E-state index contributed by atoms with van der Waals surface area (Å²) in [6, 6.07) is 4.45. The minimum Gasteiger partial charge on any atom is -0.334 e. The van der Waals surface area contributed by atoms with E-state index in [1.54, 1.807) is 4.90 Å². The normalized spacial score (nSPS) is 19.8. The third kappa shape index (κ3) is 2.89. The van der Waals surface area contributed by atoms with E-state index in [1.165, 1.54) is 12.1 Å². The lowest BCUT2D eigenvalue weighted by Gasteiger charge is -2.23. The smallest absolute Gasteiger partial charge is 0.334 e. The van der Waals surface area contributed by atoms with Crippen molar-refractivity contribution >= 4 is 5.91 Å². The SMILES string of the molecule is NCC1CCCN1C(=O)c1cccc(C(F)(F)F)c1. The average Bonchev–Trinajstić information content (AvgIpc) is 2.85. The zero-order valence-electron chi connectivity index (χ0n) is 10.3. The molecule has 104 valence electrons. The first-order valence-electron chi connectivity index (χ1n) is 6.12. The number of carbonyl (C=O) groups is 1. The lowest BCUT2D eigenvalue weighted by Crippen LogP contribution is -2.39. The molecule has 3 nitrogen and oxygen atoms in total. The van der Waals surface area contributed by atoms with Gasteiger partial charge in [-0.15, -0.1) is 0 Å². The quantitative estimate of drug-likeness (QED) is 0.897. The van der Waals surface area contributed by atoms with Gasteiger partial charge in [0.05, 0.1) is 5.56 Å². The maximum atomic E-state index is 12.6. The zero-order valence-corrected chi connectivity index (χ0v) is 10.3. The van der Waals surface area contributed by atoms with Crippen LogP contribution >= 0.6 is 0 Å². The molecule has 0 aromatic heterocycles. The summed E-state index contributed by atoms with van der Waals surface area (Å²) in [6.07, 6.45) is -2.79. The summed E-state index contributed by atoms with van der Waals surface area (Å²) < 4.78 is 37.8. The molecule has 0 radical (unpaired) electrons. The number of halogens is 3. The van der Waals surface area contributed by atoms with Gasteiger partial charge in [-0.1, -0.05) is 6.07 Å². The number of nitrogens with zero attached hydrogens (tertiary/aromatic N) is 1. The first kappa shape index (κ1) is 13.9.